The fraction of sp³-hybridized carbons (Fsp3) is 0.538. The molecule has 5 rings (SSSR count). The molecule has 0 heterocycles. The summed E-state index contributed by atoms with van der Waals surface area (Å²) >= 11 is 0. The summed E-state index contributed by atoms with van der Waals surface area (Å²) in [7, 11) is 0. The number of nitrogens with one attached hydrogen (secondary N) is 2. The van der Waals surface area contributed by atoms with Crippen molar-refractivity contribution in [3.63, 3.8) is 0 Å². The smallest absolute Gasteiger partial charge is 0.0224 e. The summed E-state index contributed by atoms with van der Waals surface area (Å²) in [5.74, 6) is 0. The van der Waals surface area contributed by atoms with Crippen molar-refractivity contribution in [1.82, 2.24) is 10.6 Å². The van der Waals surface area contributed by atoms with E-state index in [9.17, 15) is 0 Å². The maximum atomic E-state index is 4.10. The second-order valence-electron chi connectivity index (χ2n) is 9.25. The van der Waals surface area contributed by atoms with E-state index >= 15 is 0 Å². The number of hydrogen-bond acceptors (Lipinski definition) is 2. The predicted molar refractivity (Wildman–Crippen MR) is 117 cm³/mol. The van der Waals surface area contributed by atoms with Crippen LogP contribution in [0.1, 0.15) is 60.8 Å². The molecule has 2 unspecified atom stereocenters. The maximum Gasteiger partial charge on any atom is 0.0224 e. The fourth-order valence-electron chi connectivity index (χ4n) is 5.82. The maximum absolute atomic E-state index is 4.10. The lowest BCUT2D eigenvalue weighted by Gasteiger charge is -2.40. The number of rotatable bonds is 4. The summed E-state index contributed by atoms with van der Waals surface area (Å²) in [6, 6.07) is 20.7. The zero-order chi connectivity index (χ0) is 18.8. The topological polar surface area (TPSA) is 24.1 Å². The largest absolute Gasteiger partial charge is 0.309 e. The van der Waals surface area contributed by atoms with Gasteiger partial charge in [0.15, 0.2) is 0 Å². The van der Waals surface area contributed by atoms with Gasteiger partial charge in [-0.05, 0) is 73.6 Å². The van der Waals surface area contributed by atoms with Gasteiger partial charge in [0.2, 0.25) is 0 Å². The van der Waals surface area contributed by atoms with Gasteiger partial charge in [-0.15, -0.1) is 0 Å². The van der Waals surface area contributed by atoms with Crippen molar-refractivity contribution >= 4 is 0 Å². The summed E-state index contributed by atoms with van der Waals surface area (Å²) in [6.07, 6.45) is 12.9. The molecule has 0 aromatic heterocycles. The average molecular weight is 375 g/mol. The quantitative estimate of drug-likeness (QED) is 0.818. The van der Waals surface area contributed by atoms with Crippen LogP contribution in [0.5, 0.6) is 0 Å². The highest BCUT2D eigenvalue weighted by Gasteiger charge is 2.30. The molecule has 28 heavy (non-hydrogen) atoms. The third-order valence-electron chi connectivity index (χ3n) is 7.36. The first-order valence-corrected chi connectivity index (χ1v) is 11.5. The molecular formula is C26H34N2. The lowest BCUT2D eigenvalue weighted by atomic mass is 9.83. The van der Waals surface area contributed by atoms with E-state index < -0.39 is 0 Å². The van der Waals surface area contributed by atoms with Gasteiger partial charge in [0, 0.05) is 24.2 Å². The molecule has 0 amide bonds. The second-order valence-corrected chi connectivity index (χ2v) is 9.25. The van der Waals surface area contributed by atoms with Gasteiger partial charge in [-0.3, -0.25) is 0 Å². The SMILES string of the molecule is c1ccc2c(c1)CCC(N[C@H]1CCCC[C@@H]1NC1CCc3ccccc3C1)C2. The molecule has 0 bridgehead atoms. The van der Waals surface area contributed by atoms with Crippen LogP contribution in [0.2, 0.25) is 0 Å². The molecule has 148 valence electrons. The summed E-state index contributed by atoms with van der Waals surface area (Å²) in [5.41, 5.74) is 6.27. The molecular weight excluding hydrogens is 340 g/mol. The van der Waals surface area contributed by atoms with E-state index in [1.807, 2.05) is 0 Å². The molecule has 3 aliphatic rings. The van der Waals surface area contributed by atoms with Crippen molar-refractivity contribution in [3.05, 3.63) is 70.8 Å². The molecule has 0 aliphatic heterocycles. The highest BCUT2D eigenvalue weighted by Crippen LogP contribution is 2.27. The van der Waals surface area contributed by atoms with Gasteiger partial charge < -0.3 is 10.6 Å². The van der Waals surface area contributed by atoms with Crippen molar-refractivity contribution < 1.29 is 0 Å². The van der Waals surface area contributed by atoms with E-state index in [1.165, 1.54) is 64.2 Å². The number of benzene rings is 2. The minimum absolute atomic E-state index is 0.640. The monoisotopic (exact) mass is 374 g/mol. The van der Waals surface area contributed by atoms with E-state index in [-0.39, 0.29) is 0 Å². The van der Waals surface area contributed by atoms with Gasteiger partial charge in [0.05, 0.1) is 0 Å². The van der Waals surface area contributed by atoms with Gasteiger partial charge in [-0.25, -0.2) is 0 Å². The normalized spacial score (nSPS) is 29.7. The van der Waals surface area contributed by atoms with Crippen LogP contribution in [-0.4, -0.2) is 24.2 Å². The third kappa shape index (κ3) is 4.04. The Hall–Kier alpha value is -1.64. The fourth-order valence-corrected chi connectivity index (χ4v) is 5.82. The molecule has 4 atom stereocenters. The van der Waals surface area contributed by atoms with E-state index in [1.54, 1.807) is 22.3 Å². The van der Waals surface area contributed by atoms with Crippen LogP contribution in [0.3, 0.4) is 0 Å². The van der Waals surface area contributed by atoms with Gasteiger partial charge in [0.1, 0.15) is 0 Å². The lowest BCUT2D eigenvalue weighted by molar-refractivity contribution is 0.233. The molecule has 3 aliphatic carbocycles. The van der Waals surface area contributed by atoms with Gasteiger partial charge in [-0.1, -0.05) is 61.4 Å². The number of hydrogen-bond donors (Lipinski definition) is 2. The first-order valence-electron chi connectivity index (χ1n) is 11.5. The Labute approximate surface area is 170 Å². The zero-order valence-corrected chi connectivity index (χ0v) is 17.0. The Morgan fingerprint density at radius 1 is 0.536 bits per heavy atom. The van der Waals surface area contributed by atoms with Crippen molar-refractivity contribution in [2.75, 3.05) is 0 Å². The average Bonchev–Trinajstić information content (AvgIpc) is 2.75. The van der Waals surface area contributed by atoms with Crippen LogP contribution in [0.25, 0.3) is 0 Å². The van der Waals surface area contributed by atoms with Crippen LogP contribution in [0, 0.1) is 0 Å². The summed E-state index contributed by atoms with van der Waals surface area (Å²) in [5, 5.41) is 8.19. The standard InChI is InChI=1S/C26H34N2/c1-3-9-21-17-23(15-13-19(21)7-1)27-25-11-5-6-12-26(25)28-24-16-14-20-8-2-4-10-22(20)18-24/h1-4,7-10,23-28H,5-6,11-18H2/t23?,24?,25-,26-/m0/s1. The molecule has 0 radical (unpaired) electrons. The molecule has 2 heteroatoms. The van der Waals surface area contributed by atoms with E-state index in [4.69, 9.17) is 0 Å². The van der Waals surface area contributed by atoms with Crippen molar-refractivity contribution in [2.45, 2.75) is 88.4 Å². The van der Waals surface area contributed by atoms with E-state index in [0.29, 0.717) is 24.2 Å². The highest BCUT2D eigenvalue weighted by atomic mass is 15.1. The van der Waals surface area contributed by atoms with Gasteiger partial charge in [-0.2, -0.15) is 0 Å². The minimum Gasteiger partial charge on any atom is -0.309 e. The molecule has 2 nitrogen and oxygen atoms in total. The molecule has 1 saturated carbocycles. The summed E-state index contributed by atoms with van der Waals surface area (Å²) in [6.45, 7) is 0. The van der Waals surface area contributed by atoms with Gasteiger partial charge in [0.25, 0.3) is 0 Å². The summed E-state index contributed by atoms with van der Waals surface area (Å²) < 4.78 is 0. The Morgan fingerprint density at radius 3 is 1.43 bits per heavy atom. The van der Waals surface area contributed by atoms with Crippen LogP contribution in [-0.2, 0) is 25.7 Å². The van der Waals surface area contributed by atoms with Crippen LogP contribution >= 0.6 is 0 Å². The van der Waals surface area contributed by atoms with Crippen molar-refractivity contribution in [2.24, 2.45) is 0 Å². The Morgan fingerprint density at radius 2 is 0.964 bits per heavy atom. The summed E-state index contributed by atoms with van der Waals surface area (Å²) in [4.78, 5) is 0. The van der Waals surface area contributed by atoms with Gasteiger partial charge >= 0.3 is 0 Å². The predicted octanol–water partition coefficient (Wildman–Crippen LogP) is 4.59. The van der Waals surface area contributed by atoms with Crippen LogP contribution in [0.4, 0.5) is 0 Å². The highest BCUT2D eigenvalue weighted by molar-refractivity contribution is 5.31. The van der Waals surface area contributed by atoms with E-state index in [0.717, 1.165) is 0 Å². The Balaban J connectivity index is 1.21. The molecule has 2 N–H and O–H groups in total. The molecule has 2 aromatic rings. The third-order valence-corrected chi connectivity index (χ3v) is 7.36. The Kier molecular flexibility index (Phi) is 5.51. The Bertz CT molecular complexity index is 731. The molecule has 0 saturated heterocycles. The number of aryl methyl sites for hydroxylation is 2. The lowest BCUT2D eigenvalue weighted by Crippen LogP contribution is -2.56. The molecule has 0 spiro atoms. The molecule has 2 aromatic carbocycles. The first-order chi connectivity index (χ1) is 13.8. The van der Waals surface area contributed by atoms with Crippen molar-refractivity contribution in [1.29, 1.82) is 0 Å². The molecule has 1 fully saturated rings. The van der Waals surface area contributed by atoms with Crippen LogP contribution in [0.15, 0.2) is 48.5 Å². The van der Waals surface area contributed by atoms with E-state index in [2.05, 4.69) is 59.2 Å². The zero-order valence-electron chi connectivity index (χ0n) is 17.0. The second kappa shape index (κ2) is 8.39. The van der Waals surface area contributed by atoms with Crippen molar-refractivity contribution in [3.8, 4) is 0 Å². The number of fused-ring (bicyclic) bond motifs is 2. The van der Waals surface area contributed by atoms with Crippen LogP contribution < -0.4 is 10.6 Å². The first kappa shape index (κ1) is 18.4. The minimum atomic E-state index is 0.640.